The van der Waals surface area contributed by atoms with Gasteiger partial charge in [-0.2, -0.15) is 0 Å². The summed E-state index contributed by atoms with van der Waals surface area (Å²) in [7, 11) is 0. The first-order valence-corrected chi connectivity index (χ1v) is 10.8. The topological polar surface area (TPSA) is 84.2 Å². The van der Waals surface area contributed by atoms with E-state index in [1.807, 2.05) is 31.2 Å². The number of oxazole rings is 1. The second-order valence-electron chi connectivity index (χ2n) is 8.06. The van der Waals surface area contributed by atoms with Crippen LogP contribution in [0.4, 0.5) is 5.69 Å². The molecule has 1 aliphatic carbocycles. The van der Waals surface area contributed by atoms with Crippen LogP contribution in [0.2, 0.25) is 0 Å². The van der Waals surface area contributed by atoms with Gasteiger partial charge >= 0.3 is 0 Å². The van der Waals surface area contributed by atoms with Gasteiger partial charge in [0.1, 0.15) is 0 Å². The number of nitrogens with zero attached hydrogens (tertiary/aromatic N) is 1. The SMILES string of the molecule is Cc1ccc(-c2cnc(CCC(=O)Nc3ccc(C(=O)NC4CCCC4)cc3)o2)cc1. The van der Waals surface area contributed by atoms with Crippen molar-refractivity contribution in [1.29, 1.82) is 0 Å². The van der Waals surface area contributed by atoms with E-state index in [4.69, 9.17) is 4.42 Å². The summed E-state index contributed by atoms with van der Waals surface area (Å²) in [6.45, 7) is 2.03. The molecule has 3 aromatic rings. The van der Waals surface area contributed by atoms with Gasteiger partial charge in [0.15, 0.2) is 11.7 Å². The molecule has 0 radical (unpaired) electrons. The molecule has 6 heteroatoms. The van der Waals surface area contributed by atoms with Crippen molar-refractivity contribution < 1.29 is 14.0 Å². The molecule has 1 aliphatic rings. The molecule has 0 unspecified atom stereocenters. The van der Waals surface area contributed by atoms with Gasteiger partial charge in [-0.15, -0.1) is 0 Å². The largest absolute Gasteiger partial charge is 0.441 e. The Bertz CT molecular complexity index is 1030. The lowest BCUT2D eigenvalue weighted by Gasteiger charge is -2.12. The Morgan fingerprint density at radius 1 is 1.03 bits per heavy atom. The van der Waals surface area contributed by atoms with Crippen LogP contribution in [0.1, 0.15) is 53.9 Å². The summed E-state index contributed by atoms with van der Waals surface area (Å²) in [6, 6.07) is 15.3. The Balaban J connectivity index is 1.26. The Hall–Kier alpha value is -3.41. The molecule has 4 rings (SSSR count). The van der Waals surface area contributed by atoms with Crippen LogP contribution in [0, 0.1) is 6.92 Å². The molecule has 0 saturated heterocycles. The molecular weight excluding hydrogens is 390 g/mol. The summed E-state index contributed by atoms with van der Waals surface area (Å²) in [4.78, 5) is 28.9. The molecule has 2 amide bonds. The van der Waals surface area contributed by atoms with Gasteiger partial charge in [-0.25, -0.2) is 4.98 Å². The zero-order valence-electron chi connectivity index (χ0n) is 17.7. The number of anilines is 1. The van der Waals surface area contributed by atoms with Gasteiger partial charge in [0.05, 0.1) is 6.20 Å². The molecular formula is C25H27N3O3. The van der Waals surface area contributed by atoms with E-state index < -0.39 is 0 Å². The number of hydrogen-bond acceptors (Lipinski definition) is 4. The van der Waals surface area contributed by atoms with E-state index in [0.29, 0.717) is 29.3 Å². The highest BCUT2D eigenvalue weighted by atomic mass is 16.4. The van der Waals surface area contributed by atoms with Crippen molar-refractivity contribution in [3.63, 3.8) is 0 Å². The molecule has 0 aliphatic heterocycles. The maximum Gasteiger partial charge on any atom is 0.251 e. The summed E-state index contributed by atoms with van der Waals surface area (Å²) >= 11 is 0. The lowest BCUT2D eigenvalue weighted by molar-refractivity contribution is -0.116. The summed E-state index contributed by atoms with van der Waals surface area (Å²) in [5.41, 5.74) is 3.41. The summed E-state index contributed by atoms with van der Waals surface area (Å²) in [5.74, 6) is 1.04. The van der Waals surface area contributed by atoms with Crippen LogP contribution in [-0.4, -0.2) is 22.8 Å². The van der Waals surface area contributed by atoms with Crippen LogP contribution < -0.4 is 10.6 Å². The minimum absolute atomic E-state index is 0.0574. The molecule has 0 spiro atoms. The standard InChI is InChI=1S/C25H27N3O3/c1-17-6-8-18(9-7-17)22-16-26-24(31-22)15-14-23(29)27-21-12-10-19(11-13-21)25(30)28-20-4-2-3-5-20/h6-13,16,20H,2-5,14-15H2,1H3,(H,27,29)(H,28,30). The van der Waals surface area contributed by atoms with E-state index in [9.17, 15) is 9.59 Å². The summed E-state index contributed by atoms with van der Waals surface area (Å²) in [6.07, 6.45) is 6.83. The minimum Gasteiger partial charge on any atom is -0.441 e. The van der Waals surface area contributed by atoms with Crippen molar-refractivity contribution in [2.75, 3.05) is 5.32 Å². The maximum absolute atomic E-state index is 12.3. The van der Waals surface area contributed by atoms with Crippen LogP contribution in [0.5, 0.6) is 0 Å². The molecule has 2 N–H and O–H groups in total. The van der Waals surface area contributed by atoms with Crippen LogP contribution >= 0.6 is 0 Å². The first-order chi connectivity index (χ1) is 15.1. The molecule has 1 fully saturated rings. The van der Waals surface area contributed by atoms with Crippen molar-refractivity contribution >= 4 is 17.5 Å². The van der Waals surface area contributed by atoms with E-state index in [1.54, 1.807) is 30.5 Å². The Morgan fingerprint density at radius 2 is 1.74 bits per heavy atom. The second-order valence-corrected chi connectivity index (χ2v) is 8.06. The number of carbonyl (C=O) groups is 2. The van der Waals surface area contributed by atoms with Crippen molar-refractivity contribution in [3.05, 3.63) is 71.7 Å². The van der Waals surface area contributed by atoms with E-state index in [0.717, 1.165) is 18.4 Å². The third-order valence-corrected chi connectivity index (χ3v) is 5.58. The number of benzene rings is 2. The van der Waals surface area contributed by atoms with Crippen molar-refractivity contribution in [2.24, 2.45) is 0 Å². The number of aromatic nitrogens is 1. The quantitative estimate of drug-likeness (QED) is 0.573. The fraction of sp³-hybridized carbons (Fsp3) is 0.320. The van der Waals surface area contributed by atoms with Crippen LogP contribution in [0.3, 0.4) is 0 Å². The van der Waals surface area contributed by atoms with Crippen molar-refractivity contribution in [2.45, 2.75) is 51.5 Å². The normalized spacial score (nSPS) is 13.8. The van der Waals surface area contributed by atoms with E-state index in [-0.39, 0.29) is 24.3 Å². The fourth-order valence-electron chi connectivity index (χ4n) is 3.76. The van der Waals surface area contributed by atoms with Crippen LogP contribution in [-0.2, 0) is 11.2 Å². The van der Waals surface area contributed by atoms with Gasteiger partial charge in [0.2, 0.25) is 5.91 Å². The van der Waals surface area contributed by atoms with Gasteiger partial charge in [-0.1, -0.05) is 42.7 Å². The van der Waals surface area contributed by atoms with Gasteiger partial charge in [0.25, 0.3) is 5.91 Å². The number of amides is 2. The van der Waals surface area contributed by atoms with Crippen LogP contribution in [0.15, 0.2) is 59.1 Å². The number of aryl methyl sites for hydroxylation is 2. The third-order valence-electron chi connectivity index (χ3n) is 5.58. The highest BCUT2D eigenvalue weighted by Gasteiger charge is 2.18. The van der Waals surface area contributed by atoms with Gasteiger partial charge in [-0.05, 0) is 44.0 Å². The lowest BCUT2D eigenvalue weighted by Crippen LogP contribution is -2.32. The second kappa shape index (κ2) is 9.60. The highest BCUT2D eigenvalue weighted by Crippen LogP contribution is 2.22. The molecule has 1 aromatic heterocycles. The molecule has 31 heavy (non-hydrogen) atoms. The first kappa shape index (κ1) is 20.8. The summed E-state index contributed by atoms with van der Waals surface area (Å²) in [5, 5.41) is 5.92. The Morgan fingerprint density at radius 3 is 2.45 bits per heavy atom. The third kappa shape index (κ3) is 5.60. The number of nitrogens with one attached hydrogen (secondary N) is 2. The molecule has 160 valence electrons. The minimum atomic E-state index is -0.127. The number of carbonyl (C=O) groups excluding carboxylic acids is 2. The first-order valence-electron chi connectivity index (χ1n) is 10.8. The average molecular weight is 418 g/mol. The predicted molar refractivity (Wildman–Crippen MR) is 120 cm³/mol. The van der Waals surface area contributed by atoms with Gasteiger partial charge in [0, 0.05) is 35.7 Å². The molecule has 0 bridgehead atoms. The molecule has 0 atom stereocenters. The Labute approximate surface area is 182 Å². The van der Waals surface area contributed by atoms with Gasteiger partial charge < -0.3 is 15.1 Å². The molecule has 1 saturated carbocycles. The van der Waals surface area contributed by atoms with Crippen molar-refractivity contribution in [3.8, 4) is 11.3 Å². The highest BCUT2D eigenvalue weighted by molar-refractivity contribution is 5.96. The number of rotatable bonds is 7. The Kier molecular flexibility index (Phi) is 6.46. The monoisotopic (exact) mass is 417 g/mol. The van der Waals surface area contributed by atoms with Crippen molar-refractivity contribution in [1.82, 2.24) is 10.3 Å². The zero-order valence-corrected chi connectivity index (χ0v) is 17.7. The maximum atomic E-state index is 12.3. The molecule has 1 heterocycles. The fourth-order valence-corrected chi connectivity index (χ4v) is 3.76. The van der Waals surface area contributed by atoms with E-state index >= 15 is 0 Å². The molecule has 6 nitrogen and oxygen atoms in total. The van der Waals surface area contributed by atoms with E-state index in [2.05, 4.69) is 15.6 Å². The van der Waals surface area contributed by atoms with Crippen LogP contribution in [0.25, 0.3) is 11.3 Å². The number of hydrogen-bond donors (Lipinski definition) is 2. The predicted octanol–water partition coefficient (Wildman–Crippen LogP) is 4.89. The smallest absolute Gasteiger partial charge is 0.251 e. The van der Waals surface area contributed by atoms with E-state index in [1.165, 1.54) is 18.4 Å². The lowest BCUT2D eigenvalue weighted by atomic mass is 10.1. The summed E-state index contributed by atoms with van der Waals surface area (Å²) < 4.78 is 5.77. The average Bonchev–Trinajstić information content (AvgIpc) is 3.45. The zero-order chi connectivity index (χ0) is 21.6. The molecule has 2 aromatic carbocycles. The van der Waals surface area contributed by atoms with Gasteiger partial charge in [-0.3, -0.25) is 9.59 Å².